The summed E-state index contributed by atoms with van der Waals surface area (Å²) in [5.41, 5.74) is 2.31. The van der Waals surface area contributed by atoms with Crippen LogP contribution >= 0.6 is 0 Å². The molecule has 5 heteroatoms. The van der Waals surface area contributed by atoms with Crippen molar-refractivity contribution in [1.29, 1.82) is 0 Å². The number of ketones is 1. The first-order chi connectivity index (χ1) is 11.9. The van der Waals surface area contributed by atoms with E-state index in [1.165, 1.54) is 0 Å². The van der Waals surface area contributed by atoms with Crippen LogP contribution in [-0.4, -0.2) is 42.1 Å². The van der Waals surface area contributed by atoms with Crippen molar-refractivity contribution in [3.05, 3.63) is 28.8 Å². The Morgan fingerprint density at radius 3 is 2.68 bits per heavy atom. The summed E-state index contributed by atoms with van der Waals surface area (Å²) < 4.78 is 11.6. The molecule has 0 bridgehead atoms. The van der Waals surface area contributed by atoms with Gasteiger partial charge in [0.2, 0.25) is 0 Å². The molecule has 1 aromatic rings. The molecule has 3 rings (SSSR count). The fourth-order valence-corrected chi connectivity index (χ4v) is 3.79. The van der Waals surface area contributed by atoms with Gasteiger partial charge in [0.15, 0.2) is 5.78 Å². The van der Waals surface area contributed by atoms with Gasteiger partial charge < -0.3 is 14.4 Å². The highest BCUT2D eigenvalue weighted by Gasteiger charge is 2.44. The molecule has 2 heterocycles. The fraction of sp³-hybridized carbons (Fsp3) is 0.600. The van der Waals surface area contributed by atoms with Gasteiger partial charge in [-0.25, -0.2) is 4.79 Å². The van der Waals surface area contributed by atoms with Crippen LogP contribution in [0.1, 0.15) is 60.5 Å². The highest BCUT2D eigenvalue weighted by atomic mass is 16.6. The molecular formula is C20H27NO4. The summed E-state index contributed by atoms with van der Waals surface area (Å²) in [6, 6.07) is 3.97. The Labute approximate surface area is 149 Å². The predicted molar refractivity (Wildman–Crippen MR) is 95.3 cm³/mol. The van der Waals surface area contributed by atoms with Crippen molar-refractivity contribution < 1.29 is 19.1 Å². The van der Waals surface area contributed by atoms with Gasteiger partial charge in [-0.05, 0) is 37.5 Å². The van der Waals surface area contributed by atoms with Crippen molar-refractivity contribution in [1.82, 2.24) is 4.90 Å². The average molecular weight is 345 g/mol. The lowest BCUT2D eigenvalue weighted by molar-refractivity contribution is -0.00923. The lowest BCUT2D eigenvalue weighted by Crippen LogP contribution is -2.52. The number of carbonyl (C=O) groups excluding carboxylic acids is 2. The van der Waals surface area contributed by atoms with Crippen LogP contribution in [0, 0.1) is 13.8 Å². The molecule has 0 aromatic heterocycles. The van der Waals surface area contributed by atoms with Crippen molar-refractivity contribution in [2.45, 2.75) is 58.5 Å². The van der Waals surface area contributed by atoms with Crippen LogP contribution in [0.4, 0.5) is 4.79 Å². The highest BCUT2D eigenvalue weighted by Crippen LogP contribution is 2.41. The maximum atomic E-state index is 12.7. The van der Waals surface area contributed by atoms with Gasteiger partial charge in [0.1, 0.15) is 11.4 Å². The van der Waals surface area contributed by atoms with Crippen molar-refractivity contribution in [2.75, 3.05) is 19.7 Å². The number of likely N-dealkylation sites (tertiary alicyclic amines) is 1. The van der Waals surface area contributed by atoms with Gasteiger partial charge in [-0.1, -0.05) is 19.4 Å². The van der Waals surface area contributed by atoms with Crippen LogP contribution < -0.4 is 4.74 Å². The van der Waals surface area contributed by atoms with Crippen LogP contribution in [0.2, 0.25) is 0 Å². The number of nitrogens with zero attached hydrogens (tertiary/aromatic N) is 1. The number of rotatable bonds is 3. The number of benzene rings is 1. The number of ether oxygens (including phenoxy) is 2. The summed E-state index contributed by atoms with van der Waals surface area (Å²) in [5, 5.41) is 0. The summed E-state index contributed by atoms with van der Waals surface area (Å²) >= 11 is 0. The van der Waals surface area contributed by atoms with E-state index in [4.69, 9.17) is 9.47 Å². The number of fused-ring (bicyclic) bond motifs is 1. The molecule has 0 unspecified atom stereocenters. The van der Waals surface area contributed by atoms with Crippen molar-refractivity contribution in [3.8, 4) is 5.75 Å². The monoisotopic (exact) mass is 345 g/mol. The topological polar surface area (TPSA) is 55.8 Å². The van der Waals surface area contributed by atoms with Crippen LogP contribution in [0.25, 0.3) is 0 Å². The quantitative estimate of drug-likeness (QED) is 0.776. The second-order valence-corrected chi connectivity index (χ2v) is 7.29. The van der Waals surface area contributed by atoms with Crippen molar-refractivity contribution >= 4 is 11.9 Å². The number of unbranched alkanes of at least 4 members (excludes halogenated alkanes) is 1. The summed E-state index contributed by atoms with van der Waals surface area (Å²) in [6.45, 7) is 7.64. The first-order valence-electron chi connectivity index (χ1n) is 9.19. The summed E-state index contributed by atoms with van der Waals surface area (Å²) in [6.07, 6.45) is 3.35. The van der Waals surface area contributed by atoms with Gasteiger partial charge in [0.25, 0.3) is 0 Å². The van der Waals surface area contributed by atoms with E-state index in [0.717, 1.165) is 29.5 Å². The van der Waals surface area contributed by atoms with Crippen molar-refractivity contribution in [2.24, 2.45) is 0 Å². The molecule has 5 nitrogen and oxygen atoms in total. The molecular weight excluding hydrogens is 318 g/mol. The lowest BCUT2D eigenvalue weighted by atomic mass is 9.81. The molecule has 2 aliphatic heterocycles. The first kappa shape index (κ1) is 17.8. The van der Waals surface area contributed by atoms with Gasteiger partial charge in [-0.15, -0.1) is 0 Å². The zero-order chi connectivity index (χ0) is 18.0. The molecule has 1 spiro atoms. The molecule has 1 aromatic carbocycles. The predicted octanol–water partition coefficient (Wildman–Crippen LogP) is 4.04. The van der Waals surface area contributed by atoms with Crippen LogP contribution in [0.15, 0.2) is 12.1 Å². The normalized spacial score (nSPS) is 18.7. The SMILES string of the molecule is CCCCOC(=O)N1CCC2(CC1)CC(=O)c1c(C)cc(C)cc1O2. The van der Waals surface area contributed by atoms with Crippen LogP contribution in [0.5, 0.6) is 5.75 Å². The Morgan fingerprint density at radius 2 is 2.00 bits per heavy atom. The molecule has 0 saturated carbocycles. The number of carbonyl (C=O) groups is 2. The minimum atomic E-state index is -0.482. The fourth-order valence-electron chi connectivity index (χ4n) is 3.79. The maximum absolute atomic E-state index is 12.7. The van der Waals surface area contributed by atoms with E-state index in [1.54, 1.807) is 4.90 Å². The van der Waals surface area contributed by atoms with Gasteiger partial charge in [0, 0.05) is 25.9 Å². The Kier molecular flexibility index (Phi) is 5.02. The molecule has 0 radical (unpaired) electrons. The van der Waals surface area contributed by atoms with E-state index in [-0.39, 0.29) is 11.9 Å². The second-order valence-electron chi connectivity index (χ2n) is 7.29. The molecule has 0 N–H and O–H groups in total. The zero-order valence-electron chi connectivity index (χ0n) is 15.4. The standard InChI is InChI=1S/C20H27NO4/c1-4-5-10-24-19(23)21-8-6-20(7-9-21)13-16(22)18-15(3)11-14(2)12-17(18)25-20/h11-12H,4-10,13H2,1-3H3. The minimum absolute atomic E-state index is 0.151. The van der Waals surface area contributed by atoms with Gasteiger partial charge in [-0.2, -0.15) is 0 Å². The third kappa shape index (κ3) is 3.65. The Hall–Kier alpha value is -2.04. The zero-order valence-corrected chi connectivity index (χ0v) is 15.4. The van der Waals surface area contributed by atoms with E-state index in [2.05, 4.69) is 6.92 Å². The van der Waals surface area contributed by atoms with E-state index in [1.807, 2.05) is 26.0 Å². The number of aryl methyl sites for hydroxylation is 2. The average Bonchev–Trinajstić information content (AvgIpc) is 2.54. The molecule has 1 amide bonds. The van der Waals surface area contributed by atoms with Crippen LogP contribution in [0.3, 0.4) is 0 Å². The van der Waals surface area contributed by atoms with Gasteiger partial charge >= 0.3 is 6.09 Å². The van der Waals surface area contributed by atoms with Gasteiger partial charge in [0.05, 0.1) is 18.6 Å². The Morgan fingerprint density at radius 1 is 1.28 bits per heavy atom. The van der Waals surface area contributed by atoms with Gasteiger partial charge in [-0.3, -0.25) is 4.79 Å². The number of piperidine rings is 1. The molecule has 0 aliphatic carbocycles. The lowest BCUT2D eigenvalue weighted by Gasteiger charge is -2.43. The molecule has 1 fully saturated rings. The summed E-state index contributed by atoms with van der Waals surface area (Å²) in [4.78, 5) is 26.5. The molecule has 136 valence electrons. The Balaban J connectivity index is 1.67. The molecule has 2 aliphatic rings. The van der Waals surface area contributed by atoms with E-state index >= 15 is 0 Å². The number of Topliss-reactive ketones (excluding diaryl/α,β-unsaturated/α-hetero) is 1. The van der Waals surface area contributed by atoms with Crippen LogP contribution in [-0.2, 0) is 4.74 Å². The third-order valence-corrected chi connectivity index (χ3v) is 5.19. The maximum Gasteiger partial charge on any atom is 0.409 e. The first-order valence-corrected chi connectivity index (χ1v) is 9.19. The second kappa shape index (κ2) is 7.06. The summed E-state index contributed by atoms with van der Waals surface area (Å²) in [5.74, 6) is 0.852. The van der Waals surface area contributed by atoms with E-state index < -0.39 is 5.60 Å². The molecule has 25 heavy (non-hydrogen) atoms. The number of hydrogen-bond donors (Lipinski definition) is 0. The molecule has 0 atom stereocenters. The largest absolute Gasteiger partial charge is 0.486 e. The Bertz CT molecular complexity index is 675. The molecule has 1 saturated heterocycles. The van der Waals surface area contributed by atoms with Crippen molar-refractivity contribution in [3.63, 3.8) is 0 Å². The highest BCUT2D eigenvalue weighted by molar-refractivity contribution is 6.01. The third-order valence-electron chi connectivity index (χ3n) is 5.19. The number of hydrogen-bond acceptors (Lipinski definition) is 4. The smallest absolute Gasteiger partial charge is 0.409 e. The number of amides is 1. The minimum Gasteiger partial charge on any atom is -0.486 e. The van der Waals surface area contributed by atoms with E-state index in [0.29, 0.717) is 44.7 Å². The summed E-state index contributed by atoms with van der Waals surface area (Å²) in [7, 11) is 0. The van der Waals surface area contributed by atoms with E-state index in [9.17, 15) is 9.59 Å².